The van der Waals surface area contributed by atoms with Crippen LogP contribution in [0.5, 0.6) is 11.5 Å². The number of nitrogens with zero attached hydrogens (tertiary/aromatic N) is 2. The minimum Gasteiger partial charge on any atom is -0.457 e. The third kappa shape index (κ3) is 5.36. The largest absolute Gasteiger partial charge is 0.457 e. The Morgan fingerprint density at radius 1 is 1.11 bits per heavy atom. The number of alkyl halides is 3. The summed E-state index contributed by atoms with van der Waals surface area (Å²) in [6.45, 7) is 0.288. The number of amides is 1. The summed E-state index contributed by atoms with van der Waals surface area (Å²) in [6, 6.07) is 13.1. The average Bonchev–Trinajstić information content (AvgIpc) is 3.56. The first-order valence-corrected chi connectivity index (χ1v) is 13.1. The van der Waals surface area contributed by atoms with Crippen molar-refractivity contribution in [3.05, 3.63) is 84.2 Å². The second-order valence-electron chi connectivity index (χ2n) is 8.74. The van der Waals surface area contributed by atoms with Crippen molar-refractivity contribution in [3.8, 4) is 11.5 Å². The van der Waals surface area contributed by atoms with Crippen LogP contribution in [-0.4, -0.2) is 36.2 Å². The Kier molecular flexibility index (Phi) is 6.84. The Balaban J connectivity index is 1.24. The van der Waals surface area contributed by atoms with Crippen molar-refractivity contribution in [2.24, 2.45) is 0 Å². The van der Waals surface area contributed by atoms with Gasteiger partial charge in [-0.1, -0.05) is 12.1 Å². The minimum atomic E-state index is -4.44. The molecule has 5 rings (SSSR count). The summed E-state index contributed by atoms with van der Waals surface area (Å²) in [6.07, 6.45) is -0.548. The summed E-state index contributed by atoms with van der Waals surface area (Å²) in [4.78, 5) is 16.9. The van der Waals surface area contributed by atoms with E-state index in [0.717, 1.165) is 16.4 Å². The third-order valence-corrected chi connectivity index (χ3v) is 7.91. The molecule has 2 aromatic carbocycles. The lowest BCUT2D eigenvalue weighted by atomic mass is 10.2. The van der Waals surface area contributed by atoms with E-state index in [1.165, 1.54) is 30.6 Å². The number of furan rings is 1. The van der Waals surface area contributed by atoms with Crippen molar-refractivity contribution in [2.75, 3.05) is 6.54 Å². The Labute approximate surface area is 216 Å². The lowest BCUT2D eigenvalue weighted by molar-refractivity contribution is -0.137. The number of aromatic nitrogens is 1. The Morgan fingerprint density at radius 2 is 1.89 bits per heavy atom. The summed E-state index contributed by atoms with van der Waals surface area (Å²) in [5.74, 6) is 0.159. The van der Waals surface area contributed by atoms with Gasteiger partial charge >= 0.3 is 6.18 Å². The molecular formula is C26H22F3N3O5S. The smallest absolute Gasteiger partial charge is 0.416 e. The highest BCUT2D eigenvalue weighted by Crippen LogP contribution is 2.32. The van der Waals surface area contributed by atoms with Gasteiger partial charge in [0.25, 0.3) is 10.0 Å². The zero-order valence-electron chi connectivity index (χ0n) is 19.8. The van der Waals surface area contributed by atoms with E-state index < -0.39 is 33.7 Å². The number of pyridine rings is 1. The zero-order chi connectivity index (χ0) is 26.9. The molecule has 198 valence electrons. The number of fused-ring (bicyclic) bond motifs is 1. The lowest BCUT2D eigenvalue weighted by Gasteiger charge is -2.22. The number of hydrogen-bond donors (Lipinski definition) is 1. The van der Waals surface area contributed by atoms with E-state index in [1.54, 1.807) is 30.3 Å². The fourth-order valence-electron chi connectivity index (χ4n) is 4.27. The second kappa shape index (κ2) is 10.1. The standard InChI is InChI=1S/C26H22F3N3O5S/c27-26(28,29)19-6-8-20(9-7-19)36-21-4-1-3-17(13-21)15-31-25(33)22-5-2-12-32(22)38(34,35)24-14-18-16-30-11-10-23(18)37-24/h1,3-4,6-11,13-14,16,22H,2,5,12,15H2,(H,31,33)/t22-/m0/s1. The fraction of sp³-hybridized carbons (Fsp3) is 0.231. The third-order valence-electron chi connectivity index (χ3n) is 6.15. The molecule has 3 heterocycles. The monoisotopic (exact) mass is 545 g/mol. The van der Waals surface area contributed by atoms with Crippen LogP contribution in [0.4, 0.5) is 13.2 Å². The first kappa shape index (κ1) is 25.7. The van der Waals surface area contributed by atoms with Crippen LogP contribution in [0.3, 0.4) is 0 Å². The molecule has 12 heteroatoms. The molecule has 1 N–H and O–H groups in total. The van der Waals surface area contributed by atoms with E-state index in [9.17, 15) is 26.4 Å². The van der Waals surface area contributed by atoms with Crippen molar-refractivity contribution in [1.29, 1.82) is 0 Å². The summed E-state index contributed by atoms with van der Waals surface area (Å²) in [5, 5.41) is 3.07. The maximum absolute atomic E-state index is 13.2. The van der Waals surface area contributed by atoms with E-state index in [4.69, 9.17) is 9.15 Å². The molecule has 1 aliphatic heterocycles. The van der Waals surface area contributed by atoms with Gasteiger partial charge in [0, 0.05) is 36.9 Å². The molecule has 1 atom stereocenters. The van der Waals surface area contributed by atoms with Crippen molar-refractivity contribution >= 4 is 26.9 Å². The molecule has 1 aliphatic rings. The van der Waals surface area contributed by atoms with Crippen molar-refractivity contribution in [1.82, 2.24) is 14.6 Å². The highest BCUT2D eigenvalue weighted by molar-refractivity contribution is 7.89. The van der Waals surface area contributed by atoms with Crippen LogP contribution in [0, 0.1) is 0 Å². The zero-order valence-corrected chi connectivity index (χ0v) is 20.6. The van der Waals surface area contributed by atoms with Crippen LogP contribution < -0.4 is 10.1 Å². The summed E-state index contributed by atoms with van der Waals surface area (Å²) < 4.78 is 77.1. The number of carbonyl (C=O) groups is 1. The van der Waals surface area contributed by atoms with E-state index >= 15 is 0 Å². The maximum atomic E-state index is 13.2. The van der Waals surface area contributed by atoms with E-state index in [2.05, 4.69) is 10.3 Å². The molecule has 0 bridgehead atoms. The summed E-state index contributed by atoms with van der Waals surface area (Å²) in [7, 11) is -4.04. The van der Waals surface area contributed by atoms with Gasteiger partial charge < -0.3 is 14.5 Å². The van der Waals surface area contributed by atoms with Crippen LogP contribution in [0.1, 0.15) is 24.0 Å². The number of benzene rings is 2. The van der Waals surface area contributed by atoms with E-state index in [0.29, 0.717) is 35.1 Å². The molecular weight excluding hydrogens is 523 g/mol. The molecule has 38 heavy (non-hydrogen) atoms. The van der Waals surface area contributed by atoms with Gasteiger partial charge in [0.1, 0.15) is 23.1 Å². The molecule has 0 aliphatic carbocycles. The first-order valence-electron chi connectivity index (χ1n) is 11.7. The predicted octanol–water partition coefficient (Wildman–Crippen LogP) is 5.11. The van der Waals surface area contributed by atoms with Gasteiger partial charge in [-0.05, 0) is 60.9 Å². The highest BCUT2D eigenvalue weighted by atomic mass is 32.2. The van der Waals surface area contributed by atoms with Gasteiger partial charge in [-0.25, -0.2) is 8.42 Å². The number of carbonyl (C=O) groups excluding carboxylic acids is 1. The molecule has 4 aromatic rings. The van der Waals surface area contributed by atoms with Crippen LogP contribution in [0.2, 0.25) is 0 Å². The topological polar surface area (TPSA) is 102 Å². The van der Waals surface area contributed by atoms with Crippen molar-refractivity contribution in [3.63, 3.8) is 0 Å². The molecule has 2 aromatic heterocycles. The number of nitrogens with one attached hydrogen (secondary N) is 1. The molecule has 1 saturated heterocycles. The fourth-order valence-corrected chi connectivity index (χ4v) is 5.87. The van der Waals surface area contributed by atoms with Crippen LogP contribution in [0.25, 0.3) is 11.0 Å². The molecule has 8 nitrogen and oxygen atoms in total. The molecule has 0 unspecified atom stereocenters. The van der Waals surface area contributed by atoms with Gasteiger partial charge in [0.05, 0.1) is 5.56 Å². The Morgan fingerprint density at radius 3 is 2.63 bits per heavy atom. The SMILES string of the molecule is O=C(NCc1cccc(Oc2ccc(C(F)(F)F)cc2)c1)[C@@H]1CCCN1S(=O)(=O)c1cc2cnccc2o1. The molecule has 0 radical (unpaired) electrons. The first-order chi connectivity index (χ1) is 18.1. The normalized spacial score (nSPS) is 16.6. The summed E-state index contributed by atoms with van der Waals surface area (Å²) >= 11 is 0. The molecule has 1 fully saturated rings. The number of sulfonamides is 1. The maximum Gasteiger partial charge on any atom is 0.416 e. The van der Waals surface area contributed by atoms with Gasteiger partial charge in [0.2, 0.25) is 11.0 Å². The summed E-state index contributed by atoms with van der Waals surface area (Å²) in [5.41, 5.74) is 0.277. The van der Waals surface area contributed by atoms with Gasteiger partial charge in [0.15, 0.2) is 0 Å². The average molecular weight is 546 g/mol. The number of ether oxygens (including phenoxy) is 1. The van der Waals surface area contributed by atoms with Gasteiger partial charge in [-0.3, -0.25) is 9.78 Å². The molecule has 0 spiro atoms. The minimum absolute atomic E-state index is 0.101. The van der Waals surface area contributed by atoms with Crippen LogP contribution in [0.15, 0.2) is 82.6 Å². The number of halogens is 3. The Hall–Kier alpha value is -3.90. The van der Waals surface area contributed by atoms with Crippen LogP contribution >= 0.6 is 0 Å². The van der Waals surface area contributed by atoms with Crippen molar-refractivity contribution in [2.45, 2.75) is 36.7 Å². The highest BCUT2D eigenvalue weighted by Gasteiger charge is 2.41. The Bertz CT molecular complexity index is 1540. The molecule has 0 saturated carbocycles. The number of rotatable bonds is 7. The van der Waals surface area contributed by atoms with Gasteiger partial charge in [-0.15, -0.1) is 0 Å². The predicted molar refractivity (Wildman–Crippen MR) is 131 cm³/mol. The number of hydrogen-bond acceptors (Lipinski definition) is 6. The molecule has 1 amide bonds. The van der Waals surface area contributed by atoms with E-state index in [1.807, 2.05) is 0 Å². The van der Waals surface area contributed by atoms with Crippen molar-refractivity contribution < 1.29 is 35.5 Å². The van der Waals surface area contributed by atoms with Crippen LogP contribution in [-0.2, 0) is 27.5 Å². The van der Waals surface area contributed by atoms with Gasteiger partial charge in [-0.2, -0.15) is 17.5 Å². The quantitative estimate of drug-likeness (QED) is 0.346. The second-order valence-corrected chi connectivity index (χ2v) is 10.6. The van der Waals surface area contributed by atoms with E-state index in [-0.39, 0.29) is 23.9 Å². The lowest BCUT2D eigenvalue weighted by Crippen LogP contribution is -2.45.